The van der Waals surface area contributed by atoms with E-state index in [4.69, 9.17) is 33.4 Å². The van der Waals surface area contributed by atoms with E-state index in [9.17, 15) is 14.4 Å². The maximum atomic E-state index is 12.5. The van der Waals surface area contributed by atoms with E-state index in [1.807, 2.05) is 0 Å². The number of halogens is 2. The molecule has 2 rings (SSSR count). The molecule has 0 fully saturated rings. The number of carboxylic acids is 2. The van der Waals surface area contributed by atoms with Crippen molar-refractivity contribution in [1.82, 2.24) is 0 Å². The van der Waals surface area contributed by atoms with Gasteiger partial charge in [0, 0.05) is 16.1 Å². The molecule has 0 aliphatic rings. The first-order valence-corrected chi connectivity index (χ1v) is 6.67. The molecule has 22 heavy (non-hydrogen) atoms. The number of hydrogen-bond acceptors (Lipinski definition) is 3. The van der Waals surface area contributed by atoms with Crippen LogP contribution in [0.25, 0.3) is 0 Å². The Labute approximate surface area is 134 Å². The van der Waals surface area contributed by atoms with Crippen molar-refractivity contribution >= 4 is 40.9 Å². The summed E-state index contributed by atoms with van der Waals surface area (Å²) in [5.41, 5.74) is -0.716. The molecule has 0 spiro atoms. The van der Waals surface area contributed by atoms with Crippen LogP contribution in [-0.2, 0) is 0 Å². The lowest BCUT2D eigenvalue weighted by Gasteiger charge is -2.08. The van der Waals surface area contributed by atoms with E-state index >= 15 is 0 Å². The van der Waals surface area contributed by atoms with Crippen LogP contribution in [0, 0.1) is 0 Å². The largest absolute Gasteiger partial charge is 0.478 e. The molecule has 0 saturated carbocycles. The monoisotopic (exact) mass is 338 g/mol. The van der Waals surface area contributed by atoms with Gasteiger partial charge in [0.15, 0.2) is 5.78 Å². The standard InChI is InChI=1S/C15H8Cl2O5/c16-8-2-4-10(12(17)6-8)13(18)11-5-7(14(19)20)1-3-9(11)15(21)22/h1-6H,(H,19,20)(H,21,22). The van der Waals surface area contributed by atoms with Crippen LogP contribution in [0.5, 0.6) is 0 Å². The van der Waals surface area contributed by atoms with Gasteiger partial charge in [-0.05, 0) is 36.4 Å². The molecule has 0 heterocycles. The lowest BCUT2D eigenvalue weighted by Crippen LogP contribution is -2.12. The number of benzene rings is 2. The molecule has 2 aromatic carbocycles. The van der Waals surface area contributed by atoms with E-state index in [0.29, 0.717) is 5.02 Å². The van der Waals surface area contributed by atoms with Crippen molar-refractivity contribution in [2.45, 2.75) is 0 Å². The fourth-order valence-corrected chi connectivity index (χ4v) is 2.36. The lowest BCUT2D eigenvalue weighted by molar-refractivity contribution is 0.0679. The predicted octanol–water partition coefficient (Wildman–Crippen LogP) is 3.62. The van der Waals surface area contributed by atoms with Gasteiger partial charge in [-0.25, -0.2) is 9.59 Å². The summed E-state index contributed by atoms with van der Waals surface area (Å²) in [5, 5.41) is 18.5. The quantitative estimate of drug-likeness (QED) is 0.830. The van der Waals surface area contributed by atoms with E-state index in [1.54, 1.807) is 0 Å². The predicted molar refractivity (Wildman–Crippen MR) is 80.3 cm³/mol. The Bertz CT molecular complexity index is 799. The highest BCUT2D eigenvalue weighted by molar-refractivity contribution is 6.37. The summed E-state index contributed by atoms with van der Waals surface area (Å²) in [7, 11) is 0. The van der Waals surface area contributed by atoms with E-state index in [-0.39, 0.29) is 27.3 Å². The molecular weight excluding hydrogens is 331 g/mol. The molecule has 0 aliphatic heterocycles. The van der Waals surface area contributed by atoms with Crippen molar-refractivity contribution in [3.05, 3.63) is 68.7 Å². The van der Waals surface area contributed by atoms with E-state index in [2.05, 4.69) is 0 Å². The molecule has 7 heteroatoms. The number of carbonyl (C=O) groups is 3. The summed E-state index contributed by atoms with van der Waals surface area (Å²) in [6.45, 7) is 0. The maximum absolute atomic E-state index is 12.5. The van der Waals surface area contributed by atoms with E-state index < -0.39 is 17.7 Å². The smallest absolute Gasteiger partial charge is 0.336 e. The van der Waals surface area contributed by atoms with Gasteiger partial charge in [-0.2, -0.15) is 0 Å². The molecule has 0 amide bonds. The molecule has 0 bridgehead atoms. The molecular formula is C15H8Cl2O5. The molecule has 0 unspecified atom stereocenters. The van der Waals surface area contributed by atoms with Crippen LogP contribution in [0.4, 0.5) is 0 Å². The average Bonchev–Trinajstić information content (AvgIpc) is 2.45. The minimum atomic E-state index is -1.34. The van der Waals surface area contributed by atoms with Crippen LogP contribution in [0.3, 0.4) is 0 Å². The minimum Gasteiger partial charge on any atom is -0.478 e. The topological polar surface area (TPSA) is 91.7 Å². The number of carboxylic acid groups (broad SMARTS) is 2. The second kappa shape index (κ2) is 6.17. The molecule has 2 N–H and O–H groups in total. The van der Waals surface area contributed by atoms with Crippen LogP contribution in [0.2, 0.25) is 10.0 Å². The number of hydrogen-bond donors (Lipinski definition) is 2. The highest BCUT2D eigenvalue weighted by Gasteiger charge is 2.21. The Kier molecular flexibility index (Phi) is 4.49. The Hall–Kier alpha value is -2.37. The molecule has 5 nitrogen and oxygen atoms in total. The van der Waals surface area contributed by atoms with Crippen molar-refractivity contribution < 1.29 is 24.6 Å². The van der Waals surface area contributed by atoms with Gasteiger partial charge in [0.2, 0.25) is 0 Å². The van der Waals surface area contributed by atoms with Crippen molar-refractivity contribution in [2.24, 2.45) is 0 Å². The third kappa shape index (κ3) is 3.10. The van der Waals surface area contributed by atoms with E-state index in [0.717, 1.165) is 18.2 Å². The summed E-state index contributed by atoms with van der Waals surface area (Å²) in [5.74, 6) is -3.30. The molecule has 0 radical (unpaired) electrons. The van der Waals surface area contributed by atoms with Gasteiger partial charge in [-0.1, -0.05) is 23.2 Å². The zero-order chi connectivity index (χ0) is 16.4. The fourth-order valence-electron chi connectivity index (χ4n) is 1.87. The maximum Gasteiger partial charge on any atom is 0.336 e. The van der Waals surface area contributed by atoms with Gasteiger partial charge in [0.05, 0.1) is 16.1 Å². The van der Waals surface area contributed by atoms with Gasteiger partial charge >= 0.3 is 11.9 Å². The van der Waals surface area contributed by atoms with Crippen LogP contribution >= 0.6 is 23.2 Å². The summed E-state index contributed by atoms with van der Waals surface area (Å²) >= 11 is 11.7. The lowest BCUT2D eigenvalue weighted by atomic mass is 9.96. The van der Waals surface area contributed by atoms with Gasteiger partial charge in [-0.3, -0.25) is 4.79 Å². The highest BCUT2D eigenvalue weighted by atomic mass is 35.5. The summed E-state index contributed by atoms with van der Waals surface area (Å²) in [6, 6.07) is 7.33. The first-order valence-electron chi connectivity index (χ1n) is 5.91. The minimum absolute atomic E-state index is 0.0381. The Morgan fingerprint density at radius 1 is 0.773 bits per heavy atom. The van der Waals surface area contributed by atoms with Crippen molar-refractivity contribution in [3.8, 4) is 0 Å². The number of aromatic carboxylic acids is 2. The summed E-state index contributed by atoms with van der Waals surface area (Å²) < 4.78 is 0. The average molecular weight is 339 g/mol. The molecule has 0 aromatic heterocycles. The zero-order valence-electron chi connectivity index (χ0n) is 10.8. The van der Waals surface area contributed by atoms with Crippen LogP contribution in [-0.4, -0.2) is 27.9 Å². The molecule has 2 aromatic rings. The van der Waals surface area contributed by atoms with Crippen LogP contribution in [0.1, 0.15) is 36.6 Å². The Morgan fingerprint density at radius 2 is 1.41 bits per heavy atom. The zero-order valence-corrected chi connectivity index (χ0v) is 12.4. The summed E-state index contributed by atoms with van der Waals surface area (Å²) in [4.78, 5) is 34.7. The van der Waals surface area contributed by atoms with Gasteiger partial charge in [0.1, 0.15) is 0 Å². The van der Waals surface area contributed by atoms with Crippen LogP contribution in [0.15, 0.2) is 36.4 Å². The number of carbonyl (C=O) groups excluding carboxylic acids is 1. The second-order valence-electron chi connectivity index (χ2n) is 4.32. The van der Waals surface area contributed by atoms with Gasteiger partial charge < -0.3 is 10.2 Å². The van der Waals surface area contributed by atoms with E-state index in [1.165, 1.54) is 18.2 Å². The van der Waals surface area contributed by atoms with Gasteiger partial charge in [-0.15, -0.1) is 0 Å². The Morgan fingerprint density at radius 3 is 1.95 bits per heavy atom. The van der Waals surface area contributed by atoms with Crippen LogP contribution < -0.4 is 0 Å². The fraction of sp³-hybridized carbons (Fsp3) is 0. The molecule has 0 saturated heterocycles. The first kappa shape index (κ1) is 16.0. The SMILES string of the molecule is O=C(O)c1ccc(C(=O)O)c(C(=O)c2ccc(Cl)cc2Cl)c1. The first-order chi connectivity index (χ1) is 10.3. The number of ketones is 1. The normalized spacial score (nSPS) is 10.3. The molecule has 0 aliphatic carbocycles. The summed E-state index contributed by atoms with van der Waals surface area (Å²) in [6.07, 6.45) is 0. The van der Waals surface area contributed by atoms with Crippen molar-refractivity contribution in [1.29, 1.82) is 0 Å². The molecule has 112 valence electrons. The highest BCUT2D eigenvalue weighted by Crippen LogP contribution is 2.25. The second-order valence-corrected chi connectivity index (χ2v) is 5.17. The third-order valence-corrected chi connectivity index (χ3v) is 3.47. The third-order valence-electron chi connectivity index (χ3n) is 2.92. The number of rotatable bonds is 4. The Balaban J connectivity index is 2.63. The van der Waals surface area contributed by atoms with Gasteiger partial charge in [0.25, 0.3) is 0 Å². The van der Waals surface area contributed by atoms with Crippen molar-refractivity contribution in [3.63, 3.8) is 0 Å². The van der Waals surface area contributed by atoms with Crippen molar-refractivity contribution in [2.75, 3.05) is 0 Å². The molecule has 0 atom stereocenters.